The molecule has 1 aromatic carbocycles. The Morgan fingerprint density at radius 3 is 2.62 bits per heavy atom. The van der Waals surface area contributed by atoms with E-state index in [1.807, 2.05) is 0 Å². The molecule has 0 radical (unpaired) electrons. The summed E-state index contributed by atoms with van der Waals surface area (Å²) in [6, 6.07) is 6.78. The van der Waals surface area contributed by atoms with Crippen LogP contribution in [0.2, 0.25) is 5.02 Å². The van der Waals surface area contributed by atoms with E-state index in [1.165, 1.54) is 0 Å². The molecule has 1 heterocycles. The first-order valence-electron chi connectivity index (χ1n) is 4.82. The van der Waals surface area contributed by atoms with Gasteiger partial charge in [-0.1, -0.05) is 11.6 Å². The van der Waals surface area contributed by atoms with Crippen molar-refractivity contribution in [2.75, 3.05) is 0 Å². The Bertz CT molecular complexity index is 504. The molecule has 1 N–H and O–H groups in total. The van der Waals surface area contributed by atoms with Crippen LogP contribution in [0.25, 0.3) is 0 Å². The van der Waals surface area contributed by atoms with Crippen molar-refractivity contribution in [2.45, 2.75) is 13.3 Å². The predicted octanol–water partition coefficient (Wildman–Crippen LogP) is 2.19. The maximum atomic E-state index is 11.8. The maximum absolute atomic E-state index is 11.8. The second-order valence-corrected chi connectivity index (χ2v) is 3.88. The number of halogens is 1. The molecule has 0 bridgehead atoms. The summed E-state index contributed by atoms with van der Waals surface area (Å²) in [6.07, 6.45) is 0.200. The van der Waals surface area contributed by atoms with Crippen LogP contribution in [-0.2, 0) is 6.42 Å². The Labute approximate surface area is 97.7 Å². The summed E-state index contributed by atoms with van der Waals surface area (Å²) in [5, 5.41) is 7.23. The summed E-state index contributed by atoms with van der Waals surface area (Å²) in [5.41, 5.74) is 0.617. The average molecular weight is 236 g/mol. The molecular formula is C11H10ClN3O. The van der Waals surface area contributed by atoms with Crippen LogP contribution in [0, 0.1) is 6.92 Å². The number of H-pyrrole nitrogens is 1. The summed E-state index contributed by atoms with van der Waals surface area (Å²) in [7, 11) is 0. The third-order valence-corrected chi connectivity index (χ3v) is 2.38. The highest BCUT2D eigenvalue weighted by molar-refractivity contribution is 6.30. The van der Waals surface area contributed by atoms with Gasteiger partial charge in [-0.15, -0.1) is 0 Å². The van der Waals surface area contributed by atoms with Crippen molar-refractivity contribution in [1.29, 1.82) is 0 Å². The van der Waals surface area contributed by atoms with Gasteiger partial charge in [0.15, 0.2) is 11.6 Å². The van der Waals surface area contributed by atoms with Crippen molar-refractivity contribution in [3.63, 3.8) is 0 Å². The SMILES string of the molecule is Cc1nc(CC(=O)c2ccc(Cl)cc2)n[nH]1. The number of nitrogens with zero attached hydrogens (tertiary/aromatic N) is 2. The fourth-order valence-corrected chi connectivity index (χ4v) is 1.48. The highest BCUT2D eigenvalue weighted by atomic mass is 35.5. The number of hydrogen-bond acceptors (Lipinski definition) is 3. The molecule has 82 valence electrons. The number of ketones is 1. The molecule has 0 saturated heterocycles. The lowest BCUT2D eigenvalue weighted by Gasteiger charge is -1.97. The van der Waals surface area contributed by atoms with E-state index in [2.05, 4.69) is 15.2 Å². The molecule has 5 heteroatoms. The molecule has 0 amide bonds. The Morgan fingerprint density at radius 1 is 1.38 bits per heavy atom. The monoisotopic (exact) mass is 235 g/mol. The first kappa shape index (κ1) is 10.8. The summed E-state index contributed by atoms with van der Waals surface area (Å²) >= 11 is 5.74. The topological polar surface area (TPSA) is 58.6 Å². The smallest absolute Gasteiger partial charge is 0.170 e. The van der Waals surface area contributed by atoms with Crippen molar-refractivity contribution < 1.29 is 4.79 Å². The molecule has 0 aliphatic rings. The average Bonchev–Trinajstić information content (AvgIpc) is 2.65. The number of aromatic nitrogens is 3. The molecule has 0 unspecified atom stereocenters. The lowest BCUT2D eigenvalue weighted by atomic mass is 10.1. The van der Waals surface area contributed by atoms with Crippen molar-refractivity contribution in [3.8, 4) is 0 Å². The molecule has 2 aromatic rings. The second-order valence-electron chi connectivity index (χ2n) is 3.44. The van der Waals surface area contributed by atoms with Crippen LogP contribution < -0.4 is 0 Å². The number of benzene rings is 1. The fraction of sp³-hybridized carbons (Fsp3) is 0.182. The van der Waals surface area contributed by atoms with Gasteiger partial charge in [0.25, 0.3) is 0 Å². The molecule has 0 fully saturated rings. The Hall–Kier alpha value is -1.68. The zero-order valence-corrected chi connectivity index (χ0v) is 9.45. The highest BCUT2D eigenvalue weighted by Gasteiger charge is 2.09. The van der Waals surface area contributed by atoms with Gasteiger partial charge >= 0.3 is 0 Å². The standard InChI is InChI=1S/C11H10ClN3O/c1-7-13-11(15-14-7)6-10(16)8-2-4-9(12)5-3-8/h2-5H,6H2,1H3,(H,13,14,15). The molecule has 0 saturated carbocycles. The fourth-order valence-electron chi connectivity index (χ4n) is 1.35. The van der Waals surface area contributed by atoms with Crippen molar-refractivity contribution >= 4 is 17.4 Å². The van der Waals surface area contributed by atoms with Crippen molar-refractivity contribution in [1.82, 2.24) is 15.2 Å². The molecule has 0 spiro atoms. The van der Waals surface area contributed by atoms with E-state index in [0.717, 1.165) is 0 Å². The Kier molecular flexibility index (Phi) is 3.01. The molecule has 16 heavy (non-hydrogen) atoms. The predicted molar refractivity (Wildman–Crippen MR) is 60.6 cm³/mol. The first-order valence-corrected chi connectivity index (χ1v) is 5.19. The summed E-state index contributed by atoms with van der Waals surface area (Å²) < 4.78 is 0. The number of hydrogen-bond donors (Lipinski definition) is 1. The number of aryl methyl sites for hydroxylation is 1. The minimum absolute atomic E-state index is 0.0179. The van der Waals surface area contributed by atoms with Crippen LogP contribution in [-0.4, -0.2) is 21.0 Å². The Balaban J connectivity index is 2.11. The van der Waals surface area contributed by atoms with Gasteiger partial charge in [0, 0.05) is 10.6 Å². The first-order chi connectivity index (χ1) is 7.65. The van der Waals surface area contributed by atoms with Gasteiger partial charge in [-0.05, 0) is 31.2 Å². The maximum Gasteiger partial charge on any atom is 0.170 e. The van der Waals surface area contributed by atoms with E-state index in [-0.39, 0.29) is 12.2 Å². The summed E-state index contributed by atoms with van der Waals surface area (Å²) in [4.78, 5) is 15.9. The van der Waals surface area contributed by atoms with Crippen LogP contribution >= 0.6 is 11.6 Å². The van der Waals surface area contributed by atoms with Crippen LogP contribution in [0.1, 0.15) is 22.0 Å². The van der Waals surface area contributed by atoms with Gasteiger partial charge in [-0.3, -0.25) is 9.89 Å². The number of nitrogens with one attached hydrogen (secondary N) is 1. The van der Waals surface area contributed by atoms with E-state index in [0.29, 0.717) is 22.2 Å². The number of carbonyl (C=O) groups excluding carboxylic acids is 1. The molecular weight excluding hydrogens is 226 g/mol. The molecule has 0 aliphatic heterocycles. The van der Waals surface area contributed by atoms with Gasteiger partial charge < -0.3 is 0 Å². The van der Waals surface area contributed by atoms with E-state index >= 15 is 0 Å². The molecule has 0 aliphatic carbocycles. The number of Topliss-reactive ketones (excluding diaryl/α,β-unsaturated/α-hetero) is 1. The largest absolute Gasteiger partial charge is 0.294 e. The highest BCUT2D eigenvalue weighted by Crippen LogP contribution is 2.11. The molecule has 0 atom stereocenters. The second kappa shape index (κ2) is 4.45. The molecule has 1 aromatic heterocycles. The number of rotatable bonds is 3. The normalized spacial score (nSPS) is 10.4. The lowest BCUT2D eigenvalue weighted by Crippen LogP contribution is -2.04. The van der Waals surface area contributed by atoms with Gasteiger partial charge in [0.1, 0.15) is 5.82 Å². The lowest BCUT2D eigenvalue weighted by molar-refractivity contribution is 0.0991. The third kappa shape index (κ3) is 2.46. The zero-order valence-electron chi connectivity index (χ0n) is 8.70. The van der Waals surface area contributed by atoms with Gasteiger partial charge in [-0.2, -0.15) is 5.10 Å². The minimum atomic E-state index is -0.0179. The third-order valence-electron chi connectivity index (χ3n) is 2.13. The summed E-state index contributed by atoms with van der Waals surface area (Å²) in [6.45, 7) is 1.79. The van der Waals surface area contributed by atoms with E-state index in [4.69, 9.17) is 11.6 Å². The van der Waals surface area contributed by atoms with Gasteiger partial charge in [0.2, 0.25) is 0 Å². The van der Waals surface area contributed by atoms with E-state index < -0.39 is 0 Å². The van der Waals surface area contributed by atoms with Crippen LogP contribution in [0.15, 0.2) is 24.3 Å². The van der Waals surface area contributed by atoms with Crippen molar-refractivity contribution in [2.24, 2.45) is 0 Å². The van der Waals surface area contributed by atoms with E-state index in [9.17, 15) is 4.79 Å². The van der Waals surface area contributed by atoms with Gasteiger partial charge in [0.05, 0.1) is 6.42 Å². The van der Waals surface area contributed by atoms with Crippen molar-refractivity contribution in [3.05, 3.63) is 46.5 Å². The van der Waals surface area contributed by atoms with Crippen LogP contribution in [0.3, 0.4) is 0 Å². The van der Waals surface area contributed by atoms with E-state index in [1.54, 1.807) is 31.2 Å². The zero-order chi connectivity index (χ0) is 11.5. The van der Waals surface area contributed by atoms with Crippen LogP contribution in [0.4, 0.5) is 0 Å². The van der Waals surface area contributed by atoms with Crippen LogP contribution in [0.5, 0.6) is 0 Å². The number of aromatic amines is 1. The molecule has 4 nitrogen and oxygen atoms in total. The minimum Gasteiger partial charge on any atom is -0.294 e. The van der Waals surface area contributed by atoms with Gasteiger partial charge in [-0.25, -0.2) is 4.98 Å². The number of carbonyl (C=O) groups is 1. The Morgan fingerprint density at radius 2 is 2.06 bits per heavy atom. The quantitative estimate of drug-likeness (QED) is 0.830. The molecule has 2 rings (SSSR count). The summed E-state index contributed by atoms with van der Waals surface area (Å²) in [5.74, 6) is 1.20.